The molecular weight excluding hydrogens is 244 g/mol. The molecule has 1 aliphatic rings. The van der Waals surface area contributed by atoms with Crippen LogP contribution in [-0.2, 0) is 13.0 Å². The van der Waals surface area contributed by atoms with E-state index < -0.39 is 0 Å². The standard InChI is InChI=1S/C18H30N2/c1-15(2)12-16-7-9-17(10-8-16)14-20-11-5-4-6-18(20)13-19-3/h7-10,15,18-19H,4-6,11-14H2,1-3H3. The lowest BCUT2D eigenvalue weighted by molar-refractivity contribution is 0.139. The van der Waals surface area contributed by atoms with Crippen molar-refractivity contribution < 1.29 is 0 Å². The van der Waals surface area contributed by atoms with Gasteiger partial charge in [0.05, 0.1) is 0 Å². The van der Waals surface area contributed by atoms with E-state index in [2.05, 4.69) is 55.4 Å². The molecule has 1 atom stereocenters. The van der Waals surface area contributed by atoms with Crippen molar-refractivity contribution in [3.63, 3.8) is 0 Å². The minimum Gasteiger partial charge on any atom is -0.318 e. The average Bonchev–Trinajstić information content (AvgIpc) is 2.43. The fraction of sp³-hybridized carbons (Fsp3) is 0.667. The van der Waals surface area contributed by atoms with Crippen LogP contribution >= 0.6 is 0 Å². The Morgan fingerprint density at radius 2 is 1.85 bits per heavy atom. The van der Waals surface area contributed by atoms with Gasteiger partial charge in [-0.2, -0.15) is 0 Å². The summed E-state index contributed by atoms with van der Waals surface area (Å²) >= 11 is 0. The van der Waals surface area contributed by atoms with Crippen LogP contribution in [0, 0.1) is 5.92 Å². The molecule has 2 nitrogen and oxygen atoms in total. The summed E-state index contributed by atoms with van der Waals surface area (Å²) in [7, 11) is 2.06. The van der Waals surface area contributed by atoms with Crippen LogP contribution in [0.1, 0.15) is 44.2 Å². The van der Waals surface area contributed by atoms with Crippen LogP contribution in [-0.4, -0.2) is 31.1 Å². The fourth-order valence-electron chi connectivity index (χ4n) is 3.22. The summed E-state index contributed by atoms with van der Waals surface area (Å²) in [5.41, 5.74) is 2.93. The quantitative estimate of drug-likeness (QED) is 0.854. The Bertz CT molecular complexity index is 381. The molecule has 0 bridgehead atoms. The van der Waals surface area contributed by atoms with Gasteiger partial charge in [-0.1, -0.05) is 44.5 Å². The highest BCUT2D eigenvalue weighted by Crippen LogP contribution is 2.20. The molecule has 0 radical (unpaired) electrons. The summed E-state index contributed by atoms with van der Waals surface area (Å²) in [5, 5.41) is 3.34. The molecule has 1 N–H and O–H groups in total. The fourth-order valence-corrected chi connectivity index (χ4v) is 3.22. The van der Waals surface area contributed by atoms with Gasteiger partial charge in [0, 0.05) is 19.1 Å². The molecule has 2 heteroatoms. The van der Waals surface area contributed by atoms with Crippen LogP contribution in [0.15, 0.2) is 24.3 Å². The van der Waals surface area contributed by atoms with Crippen LogP contribution in [0.4, 0.5) is 0 Å². The molecule has 20 heavy (non-hydrogen) atoms. The van der Waals surface area contributed by atoms with E-state index in [1.54, 1.807) is 0 Å². The van der Waals surface area contributed by atoms with Gasteiger partial charge in [-0.15, -0.1) is 0 Å². The first-order valence-electron chi connectivity index (χ1n) is 8.15. The van der Waals surface area contributed by atoms with Gasteiger partial charge < -0.3 is 5.32 Å². The maximum absolute atomic E-state index is 3.34. The van der Waals surface area contributed by atoms with Crippen LogP contribution in [0.2, 0.25) is 0 Å². The van der Waals surface area contributed by atoms with Crippen LogP contribution in [0.3, 0.4) is 0 Å². The summed E-state index contributed by atoms with van der Waals surface area (Å²) in [6, 6.07) is 9.98. The second-order valence-corrected chi connectivity index (χ2v) is 6.59. The monoisotopic (exact) mass is 274 g/mol. The number of hydrogen-bond acceptors (Lipinski definition) is 2. The molecule has 0 aromatic heterocycles. The average molecular weight is 274 g/mol. The first-order valence-corrected chi connectivity index (χ1v) is 8.15. The molecule has 1 aromatic rings. The van der Waals surface area contributed by atoms with Gasteiger partial charge in [0.25, 0.3) is 0 Å². The lowest BCUT2D eigenvalue weighted by Crippen LogP contribution is -2.44. The van der Waals surface area contributed by atoms with Gasteiger partial charge in [-0.05, 0) is 49.9 Å². The Morgan fingerprint density at radius 1 is 1.15 bits per heavy atom. The number of likely N-dealkylation sites (tertiary alicyclic amines) is 1. The summed E-state index contributed by atoms with van der Waals surface area (Å²) in [6.45, 7) is 8.04. The van der Waals surface area contributed by atoms with E-state index in [4.69, 9.17) is 0 Å². The van der Waals surface area contributed by atoms with E-state index in [1.807, 2.05) is 0 Å². The van der Waals surface area contributed by atoms with Gasteiger partial charge in [0.2, 0.25) is 0 Å². The van der Waals surface area contributed by atoms with Gasteiger partial charge in [0.15, 0.2) is 0 Å². The number of nitrogens with one attached hydrogen (secondary N) is 1. The Labute approximate surface area is 124 Å². The number of rotatable bonds is 6. The SMILES string of the molecule is CNCC1CCCCN1Cc1ccc(CC(C)C)cc1. The highest BCUT2D eigenvalue weighted by Gasteiger charge is 2.21. The lowest BCUT2D eigenvalue weighted by atomic mass is 9.99. The van der Waals surface area contributed by atoms with Crippen molar-refractivity contribution in [1.29, 1.82) is 0 Å². The second kappa shape index (κ2) is 7.80. The largest absolute Gasteiger partial charge is 0.318 e. The van der Waals surface area contributed by atoms with E-state index in [-0.39, 0.29) is 0 Å². The van der Waals surface area contributed by atoms with E-state index in [0.29, 0.717) is 6.04 Å². The molecule has 1 saturated heterocycles. The molecule has 0 amide bonds. The molecule has 1 aliphatic heterocycles. The van der Waals surface area contributed by atoms with Crippen molar-refractivity contribution in [2.75, 3.05) is 20.1 Å². The summed E-state index contributed by atoms with van der Waals surface area (Å²) in [5.74, 6) is 0.739. The molecule has 1 fully saturated rings. The van der Waals surface area contributed by atoms with Crippen molar-refractivity contribution in [1.82, 2.24) is 10.2 Å². The lowest BCUT2D eigenvalue weighted by Gasteiger charge is -2.35. The smallest absolute Gasteiger partial charge is 0.0237 e. The number of piperidine rings is 1. The van der Waals surface area contributed by atoms with Crippen molar-refractivity contribution in [2.45, 2.75) is 52.1 Å². The van der Waals surface area contributed by atoms with Crippen molar-refractivity contribution in [2.24, 2.45) is 5.92 Å². The third-order valence-electron chi connectivity index (χ3n) is 4.24. The summed E-state index contributed by atoms with van der Waals surface area (Å²) in [4.78, 5) is 2.65. The molecule has 1 unspecified atom stereocenters. The normalized spacial score (nSPS) is 20.5. The molecule has 0 saturated carbocycles. The van der Waals surface area contributed by atoms with Crippen LogP contribution in [0.5, 0.6) is 0 Å². The third-order valence-corrected chi connectivity index (χ3v) is 4.24. The zero-order valence-electron chi connectivity index (χ0n) is 13.4. The highest BCUT2D eigenvalue weighted by atomic mass is 15.2. The summed E-state index contributed by atoms with van der Waals surface area (Å²) in [6.07, 6.45) is 5.26. The number of benzene rings is 1. The van der Waals surface area contributed by atoms with E-state index in [9.17, 15) is 0 Å². The van der Waals surface area contributed by atoms with Crippen molar-refractivity contribution in [3.8, 4) is 0 Å². The third kappa shape index (κ3) is 4.60. The Morgan fingerprint density at radius 3 is 2.50 bits per heavy atom. The molecule has 0 spiro atoms. The van der Waals surface area contributed by atoms with E-state index in [0.717, 1.165) is 19.0 Å². The van der Waals surface area contributed by atoms with Crippen molar-refractivity contribution in [3.05, 3.63) is 35.4 Å². The first kappa shape index (κ1) is 15.5. The first-order chi connectivity index (χ1) is 9.69. The minimum absolute atomic E-state index is 0.712. The van der Waals surface area contributed by atoms with Gasteiger partial charge in [0.1, 0.15) is 0 Å². The topological polar surface area (TPSA) is 15.3 Å². The zero-order valence-corrected chi connectivity index (χ0v) is 13.4. The van der Waals surface area contributed by atoms with Crippen LogP contribution < -0.4 is 5.32 Å². The van der Waals surface area contributed by atoms with Crippen molar-refractivity contribution >= 4 is 0 Å². The number of likely N-dealkylation sites (N-methyl/N-ethyl adjacent to an activating group) is 1. The molecule has 1 heterocycles. The van der Waals surface area contributed by atoms with E-state index in [1.165, 1.54) is 43.4 Å². The molecule has 2 rings (SSSR count). The Balaban J connectivity index is 1.94. The maximum atomic E-state index is 3.34. The molecule has 0 aliphatic carbocycles. The van der Waals surface area contributed by atoms with Gasteiger partial charge >= 0.3 is 0 Å². The predicted octanol–water partition coefficient (Wildman–Crippen LogP) is 3.46. The molecular formula is C18H30N2. The minimum atomic E-state index is 0.712. The maximum Gasteiger partial charge on any atom is 0.0237 e. The van der Waals surface area contributed by atoms with Gasteiger partial charge in [-0.25, -0.2) is 0 Å². The summed E-state index contributed by atoms with van der Waals surface area (Å²) < 4.78 is 0. The number of hydrogen-bond donors (Lipinski definition) is 1. The second-order valence-electron chi connectivity index (χ2n) is 6.59. The van der Waals surface area contributed by atoms with Gasteiger partial charge in [-0.3, -0.25) is 4.90 Å². The molecule has 112 valence electrons. The van der Waals surface area contributed by atoms with Crippen LogP contribution in [0.25, 0.3) is 0 Å². The zero-order chi connectivity index (χ0) is 14.4. The predicted molar refractivity (Wildman–Crippen MR) is 87.0 cm³/mol. The Hall–Kier alpha value is -0.860. The molecule has 1 aromatic carbocycles. The Kier molecular flexibility index (Phi) is 6.06. The number of nitrogens with zero attached hydrogens (tertiary/aromatic N) is 1. The highest BCUT2D eigenvalue weighted by molar-refractivity contribution is 5.23. The van der Waals surface area contributed by atoms with E-state index >= 15 is 0 Å².